The van der Waals surface area contributed by atoms with Crippen molar-refractivity contribution >= 4 is 51.6 Å². The Kier molecular flexibility index (Phi) is 8.07. The van der Waals surface area contributed by atoms with Crippen molar-refractivity contribution in [1.82, 2.24) is 0 Å². The lowest BCUT2D eigenvalue weighted by Crippen LogP contribution is -2.41. The third-order valence-electron chi connectivity index (χ3n) is 11.0. The summed E-state index contributed by atoms with van der Waals surface area (Å²) in [6.45, 7) is 8.39. The van der Waals surface area contributed by atoms with Gasteiger partial charge < -0.3 is 18.6 Å². The number of benzene rings is 7. The second-order valence-electron chi connectivity index (χ2n) is 14.8. The average molecular weight is 690 g/mol. The van der Waals surface area contributed by atoms with Gasteiger partial charge in [0.15, 0.2) is 0 Å². The molecule has 8 aromatic rings. The van der Waals surface area contributed by atoms with E-state index >= 15 is 0 Å². The maximum atomic E-state index is 6.65. The summed E-state index contributed by atoms with van der Waals surface area (Å²) < 4.78 is 19.7. The summed E-state index contributed by atoms with van der Waals surface area (Å²) in [6.07, 6.45) is 0. The Balaban J connectivity index is 1.16. The van der Waals surface area contributed by atoms with E-state index in [0.29, 0.717) is 0 Å². The van der Waals surface area contributed by atoms with E-state index in [1.165, 1.54) is 22.3 Å². The van der Waals surface area contributed by atoms with E-state index in [2.05, 4.69) is 184 Å². The van der Waals surface area contributed by atoms with Crippen LogP contribution in [0.3, 0.4) is 0 Å². The van der Waals surface area contributed by atoms with Crippen molar-refractivity contribution < 1.29 is 13.7 Å². The smallest absolute Gasteiger partial charge is 0.456 e. The molecule has 0 N–H and O–H groups in total. The van der Waals surface area contributed by atoms with Crippen LogP contribution in [-0.2, 0) is 9.31 Å². The van der Waals surface area contributed by atoms with Crippen LogP contribution in [0.25, 0.3) is 55.3 Å². The number of nitrogens with zero attached hydrogens (tertiary/aromatic N) is 1. The quantitative estimate of drug-likeness (QED) is 0.156. The molecule has 0 atom stereocenters. The summed E-state index contributed by atoms with van der Waals surface area (Å²) in [5, 5.41) is 2.13. The highest BCUT2D eigenvalue weighted by molar-refractivity contribution is 6.64. The lowest BCUT2D eigenvalue weighted by molar-refractivity contribution is 0.00578. The van der Waals surface area contributed by atoms with Crippen LogP contribution in [0.1, 0.15) is 27.7 Å². The summed E-state index contributed by atoms with van der Waals surface area (Å²) in [7, 11) is -0.532. The van der Waals surface area contributed by atoms with Crippen molar-refractivity contribution in [3.63, 3.8) is 0 Å². The molecular formula is C48H40BNO3. The molecule has 1 aliphatic rings. The van der Waals surface area contributed by atoms with E-state index in [9.17, 15) is 0 Å². The number of para-hydroxylation sites is 1. The fourth-order valence-electron chi connectivity index (χ4n) is 7.40. The number of anilines is 3. The number of hydrogen-bond acceptors (Lipinski definition) is 4. The highest BCUT2D eigenvalue weighted by Crippen LogP contribution is 2.42. The van der Waals surface area contributed by atoms with Gasteiger partial charge >= 0.3 is 7.12 Å². The van der Waals surface area contributed by atoms with Crippen LogP contribution in [0, 0.1) is 0 Å². The summed E-state index contributed by atoms with van der Waals surface area (Å²) in [4.78, 5) is 2.32. The van der Waals surface area contributed by atoms with E-state index in [-0.39, 0.29) is 0 Å². The van der Waals surface area contributed by atoms with E-state index in [0.717, 1.165) is 55.6 Å². The van der Waals surface area contributed by atoms with Crippen LogP contribution in [0.4, 0.5) is 17.1 Å². The molecule has 0 spiro atoms. The van der Waals surface area contributed by atoms with E-state index in [1.807, 2.05) is 18.2 Å². The van der Waals surface area contributed by atoms with Gasteiger partial charge in [0.05, 0.1) is 11.2 Å². The van der Waals surface area contributed by atoms with Gasteiger partial charge in [0.1, 0.15) is 11.2 Å². The van der Waals surface area contributed by atoms with Crippen molar-refractivity contribution in [2.75, 3.05) is 4.90 Å². The van der Waals surface area contributed by atoms with Gasteiger partial charge in [-0.2, -0.15) is 0 Å². The lowest BCUT2D eigenvalue weighted by Gasteiger charge is -2.32. The minimum absolute atomic E-state index is 0.473. The van der Waals surface area contributed by atoms with Crippen molar-refractivity contribution in [3.8, 4) is 33.4 Å². The number of fused-ring (bicyclic) bond motifs is 3. The monoisotopic (exact) mass is 689 g/mol. The second kappa shape index (κ2) is 13.0. The normalized spacial score (nSPS) is 14.9. The predicted molar refractivity (Wildman–Crippen MR) is 220 cm³/mol. The van der Waals surface area contributed by atoms with Crippen LogP contribution >= 0.6 is 0 Å². The molecule has 1 aliphatic heterocycles. The van der Waals surface area contributed by atoms with Crippen LogP contribution < -0.4 is 10.4 Å². The molecule has 0 unspecified atom stereocenters. The second-order valence-corrected chi connectivity index (χ2v) is 14.8. The molecule has 0 aliphatic carbocycles. The molecule has 0 bridgehead atoms. The highest BCUT2D eigenvalue weighted by Gasteiger charge is 2.52. The van der Waals surface area contributed by atoms with Gasteiger partial charge in [-0.3, -0.25) is 0 Å². The topological polar surface area (TPSA) is 34.8 Å². The zero-order chi connectivity index (χ0) is 36.2. The molecule has 1 aromatic heterocycles. The molecule has 4 nitrogen and oxygen atoms in total. The van der Waals surface area contributed by atoms with Crippen LogP contribution in [0.15, 0.2) is 174 Å². The number of furan rings is 1. The third kappa shape index (κ3) is 5.92. The Morgan fingerprint density at radius 1 is 0.415 bits per heavy atom. The largest absolute Gasteiger partial charge is 0.495 e. The van der Waals surface area contributed by atoms with Crippen molar-refractivity contribution in [3.05, 3.63) is 170 Å². The van der Waals surface area contributed by atoms with Gasteiger partial charge in [-0.1, -0.05) is 121 Å². The van der Waals surface area contributed by atoms with Crippen LogP contribution in [-0.4, -0.2) is 18.3 Å². The first kappa shape index (κ1) is 33.0. The van der Waals surface area contributed by atoms with Crippen molar-refractivity contribution in [2.45, 2.75) is 38.9 Å². The Labute approximate surface area is 311 Å². The first-order chi connectivity index (χ1) is 25.8. The molecule has 7 aromatic carbocycles. The minimum atomic E-state index is -0.532. The van der Waals surface area contributed by atoms with Crippen LogP contribution in [0.2, 0.25) is 0 Å². The summed E-state index contributed by atoms with van der Waals surface area (Å²) in [5.74, 6) is 0. The molecule has 2 heterocycles. The summed E-state index contributed by atoms with van der Waals surface area (Å²) in [5.41, 5.74) is 11.8. The van der Waals surface area contributed by atoms with Gasteiger partial charge in [-0.05, 0) is 115 Å². The van der Waals surface area contributed by atoms with Gasteiger partial charge in [-0.25, -0.2) is 0 Å². The van der Waals surface area contributed by atoms with Crippen LogP contribution in [0.5, 0.6) is 0 Å². The Morgan fingerprint density at radius 3 is 1.36 bits per heavy atom. The summed E-state index contributed by atoms with van der Waals surface area (Å²) in [6, 6.07) is 59.9. The zero-order valence-corrected chi connectivity index (χ0v) is 30.4. The van der Waals surface area contributed by atoms with Gasteiger partial charge in [0.2, 0.25) is 0 Å². The Hall–Kier alpha value is -5.88. The molecule has 1 saturated heterocycles. The Bertz CT molecular complexity index is 2440. The molecule has 9 rings (SSSR count). The van der Waals surface area contributed by atoms with E-state index in [1.54, 1.807) is 0 Å². The van der Waals surface area contributed by atoms with Gasteiger partial charge in [0, 0.05) is 27.8 Å². The van der Waals surface area contributed by atoms with E-state index < -0.39 is 18.3 Å². The standard InChI is InChI=1S/C48H40BNO3/c1-47(2)48(3,4)53-49(52-47)42-31-32-44-46(41-17-11-12-18-43(41)51-44)45(42)37-23-29-40(30-24-37)50(38-25-19-35(20-26-38)33-13-7-5-8-14-33)39-27-21-36(22-28-39)34-15-9-6-10-16-34/h5-32H,1-4H3. The lowest BCUT2D eigenvalue weighted by atomic mass is 9.73. The highest BCUT2D eigenvalue weighted by atomic mass is 16.7. The molecular weight excluding hydrogens is 649 g/mol. The molecule has 1 fully saturated rings. The molecule has 0 amide bonds. The van der Waals surface area contributed by atoms with Crippen molar-refractivity contribution in [2.24, 2.45) is 0 Å². The number of rotatable bonds is 7. The molecule has 53 heavy (non-hydrogen) atoms. The molecule has 0 saturated carbocycles. The zero-order valence-electron chi connectivity index (χ0n) is 30.4. The molecule has 0 radical (unpaired) electrons. The summed E-state index contributed by atoms with van der Waals surface area (Å²) >= 11 is 0. The minimum Gasteiger partial charge on any atom is -0.456 e. The first-order valence-electron chi connectivity index (χ1n) is 18.3. The average Bonchev–Trinajstić information content (AvgIpc) is 3.68. The fourth-order valence-corrected chi connectivity index (χ4v) is 7.40. The van der Waals surface area contributed by atoms with Crippen molar-refractivity contribution in [1.29, 1.82) is 0 Å². The number of hydrogen-bond donors (Lipinski definition) is 0. The molecule has 258 valence electrons. The maximum absolute atomic E-state index is 6.65. The maximum Gasteiger partial charge on any atom is 0.495 e. The molecule has 5 heteroatoms. The fraction of sp³-hybridized carbons (Fsp3) is 0.125. The predicted octanol–water partition coefficient (Wildman–Crippen LogP) is 12.4. The SMILES string of the molecule is CC1(C)OB(c2ccc3oc4ccccc4c3c2-c2ccc(N(c3ccc(-c4ccccc4)cc3)c3ccc(-c4ccccc4)cc3)cc2)OC1(C)C. The van der Waals surface area contributed by atoms with Gasteiger partial charge in [0.25, 0.3) is 0 Å². The van der Waals surface area contributed by atoms with Gasteiger partial charge in [-0.15, -0.1) is 0 Å². The first-order valence-corrected chi connectivity index (χ1v) is 18.3. The third-order valence-corrected chi connectivity index (χ3v) is 11.0. The van der Waals surface area contributed by atoms with E-state index in [4.69, 9.17) is 13.7 Å². The Morgan fingerprint density at radius 2 is 0.849 bits per heavy atom.